The normalized spacial score (nSPS) is 10.4. The fourth-order valence-electron chi connectivity index (χ4n) is 1.69. The minimum absolute atomic E-state index is 0.0351. The maximum Gasteiger partial charge on any atom is 0.252 e. The van der Waals surface area contributed by atoms with E-state index in [1.165, 1.54) is 12.1 Å². The Labute approximate surface area is 115 Å². The zero-order valence-corrected chi connectivity index (χ0v) is 11.2. The Kier molecular flexibility index (Phi) is 4.06. The molecule has 6 heteroatoms. The third kappa shape index (κ3) is 3.48. The van der Waals surface area contributed by atoms with E-state index in [1.54, 1.807) is 12.1 Å². The van der Waals surface area contributed by atoms with Gasteiger partial charge in [-0.15, -0.1) is 0 Å². The van der Waals surface area contributed by atoms with Gasteiger partial charge in [-0.05, 0) is 24.6 Å². The Balaban J connectivity index is 2.32. The van der Waals surface area contributed by atoms with Crippen molar-refractivity contribution >= 4 is 23.2 Å². The van der Waals surface area contributed by atoms with Crippen LogP contribution >= 0.6 is 11.6 Å². The van der Waals surface area contributed by atoms with Gasteiger partial charge in [-0.2, -0.15) is 0 Å². The first kappa shape index (κ1) is 13.4. The molecule has 5 nitrogen and oxygen atoms in total. The van der Waals surface area contributed by atoms with Crippen molar-refractivity contribution in [2.45, 2.75) is 19.8 Å². The van der Waals surface area contributed by atoms with Crippen molar-refractivity contribution in [2.75, 3.05) is 5.32 Å². The number of hydrogen-bond donors (Lipinski definition) is 3. The van der Waals surface area contributed by atoms with Crippen molar-refractivity contribution < 1.29 is 5.11 Å². The van der Waals surface area contributed by atoms with Crippen LogP contribution in [0, 0.1) is 0 Å². The van der Waals surface area contributed by atoms with Gasteiger partial charge in [0.1, 0.15) is 5.75 Å². The van der Waals surface area contributed by atoms with Crippen molar-refractivity contribution in [2.24, 2.45) is 0 Å². The van der Waals surface area contributed by atoms with E-state index in [0.29, 0.717) is 16.4 Å². The van der Waals surface area contributed by atoms with Gasteiger partial charge in [0, 0.05) is 16.8 Å². The zero-order chi connectivity index (χ0) is 13.8. The minimum atomic E-state index is -0.234. The van der Waals surface area contributed by atoms with Crippen molar-refractivity contribution in [1.29, 1.82) is 0 Å². The number of aromatic hydroxyl groups is 1. The quantitative estimate of drug-likeness (QED) is 0.752. The average Bonchev–Trinajstić information content (AvgIpc) is 2.33. The van der Waals surface area contributed by atoms with Gasteiger partial charge in [0.15, 0.2) is 0 Å². The first-order valence-electron chi connectivity index (χ1n) is 5.94. The second-order valence-corrected chi connectivity index (χ2v) is 4.56. The number of benzene rings is 1. The molecule has 3 N–H and O–H groups in total. The number of phenolic OH excluding ortho intramolecular Hbond substituents is 1. The highest BCUT2D eigenvalue weighted by atomic mass is 35.5. The van der Waals surface area contributed by atoms with Gasteiger partial charge in [0.2, 0.25) is 5.95 Å². The van der Waals surface area contributed by atoms with E-state index >= 15 is 0 Å². The number of hydrogen-bond acceptors (Lipinski definition) is 4. The maximum atomic E-state index is 11.5. The highest BCUT2D eigenvalue weighted by molar-refractivity contribution is 6.30. The number of halogens is 1. The van der Waals surface area contributed by atoms with Gasteiger partial charge < -0.3 is 10.4 Å². The molecule has 0 spiro atoms. The summed E-state index contributed by atoms with van der Waals surface area (Å²) in [6, 6.07) is 6.07. The van der Waals surface area contributed by atoms with E-state index in [2.05, 4.69) is 15.3 Å². The van der Waals surface area contributed by atoms with Gasteiger partial charge in [0.25, 0.3) is 5.56 Å². The topological polar surface area (TPSA) is 78.0 Å². The number of aromatic nitrogens is 2. The predicted octanol–water partition coefficient (Wildman–Crippen LogP) is 2.83. The van der Waals surface area contributed by atoms with E-state index in [9.17, 15) is 9.90 Å². The molecule has 0 saturated heterocycles. The van der Waals surface area contributed by atoms with Crippen LogP contribution in [0.15, 0.2) is 29.1 Å². The minimum Gasteiger partial charge on any atom is -0.506 e. The van der Waals surface area contributed by atoms with Gasteiger partial charge in [-0.1, -0.05) is 24.9 Å². The lowest BCUT2D eigenvalue weighted by molar-refractivity contribution is 0.477. The summed E-state index contributed by atoms with van der Waals surface area (Å²) >= 11 is 5.85. The van der Waals surface area contributed by atoms with Crippen LogP contribution in [-0.2, 0) is 6.42 Å². The molecule has 0 aliphatic carbocycles. The Hall–Kier alpha value is -2.01. The van der Waals surface area contributed by atoms with Crippen LogP contribution in [0.5, 0.6) is 5.75 Å². The zero-order valence-electron chi connectivity index (χ0n) is 10.4. The van der Waals surface area contributed by atoms with E-state index in [0.717, 1.165) is 12.8 Å². The lowest BCUT2D eigenvalue weighted by Crippen LogP contribution is -2.12. The molecule has 0 fully saturated rings. The van der Waals surface area contributed by atoms with Crippen LogP contribution in [0.25, 0.3) is 0 Å². The van der Waals surface area contributed by atoms with Crippen molar-refractivity contribution in [3.05, 3.63) is 45.3 Å². The van der Waals surface area contributed by atoms with Crippen LogP contribution in [-0.4, -0.2) is 15.1 Å². The first-order chi connectivity index (χ1) is 9.08. The Morgan fingerprint density at radius 3 is 2.95 bits per heavy atom. The number of phenols is 1. The smallest absolute Gasteiger partial charge is 0.252 e. The lowest BCUT2D eigenvalue weighted by Gasteiger charge is -2.08. The molecule has 2 rings (SSSR count). The molecular weight excluding hydrogens is 266 g/mol. The number of H-pyrrole nitrogens is 1. The summed E-state index contributed by atoms with van der Waals surface area (Å²) in [5.41, 5.74) is 0.863. The molecule has 1 heterocycles. The third-order valence-electron chi connectivity index (χ3n) is 2.51. The molecule has 0 bridgehead atoms. The SMILES string of the molecule is CCCc1cc(=O)[nH]c(Nc2cc(Cl)ccc2O)n1. The number of anilines is 2. The second kappa shape index (κ2) is 5.75. The summed E-state index contributed by atoms with van der Waals surface area (Å²) in [5, 5.41) is 13.0. The summed E-state index contributed by atoms with van der Waals surface area (Å²) in [5.74, 6) is 0.321. The molecule has 2 aromatic rings. The van der Waals surface area contributed by atoms with Crippen LogP contribution in [0.1, 0.15) is 19.0 Å². The lowest BCUT2D eigenvalue weighted by atomic mass is 10.2. The molecule has 0 aliphatic heterocycles. The van der Waals surface area contributed by atoms with E-state index < -0.39 is 0 Å². The molecule has 0 aliphatic rings. The molecule has 0 amide bonds. The number of rotatable bonds is 4. The molecule has 0 unspecified atom stereocenters. The summed E-state index contributed by atoms with van der Waals surface area (Å²) in [6.07, 6.45) is 1.62. The monoisotopic (exact) mass is 279 g/mol. The number of nitrogens with one attached hydrogen (secondary N) is 2. The van der Waals surface area contributed by atoms with Crippen molar-refractivity contribution in [3.8, 4) is 5.75 Å². The summed E-state index contributed by atoms with van der Waals surface area (Å²) < 4.78 is 0. The Bertz CT molecular complexity index is 640. The summed E-state index contributed by atoms with van der Waals surface area (Å²) in [7, 11) is 0. The summed E-state index contributed by atoms with van der Waals surface area (Å²) in [6.45, 7) is 2.01. The van der Waals surface area contributed by atoms with Gasteiger partial charge in [-0.25, -0.2) is 4.98 Å². The molecule has 19 heavy (non-hydrogen) atoms. The predicted molar refractivity (Wildman–Crippen MR) is 75.3 cm³/mol. The molecule has 0 radical (unpaired) electrons. The van der Waals surface area contributed by atoms with Crippen LogP contribution in [0.4, 0.5) is 11.6 Å². The number of aryl methyl sites for hydroxylation is 1. The van der Waals surface area contributed by atoms with Crippen LogP contribution < -0.4 is 10.9 Å². The largest absolute Gasteiger partial charge is 0.506 e. The maximum absolute atomic E-state index is 11.5. The van der Waals surface area contributed by atoms with Crippen LogP contribution in [0.2, 0.25) is 5.02 Å². The van der Waals surface area contributed by atoms with Crippen molar-refractivity contribution in [1.82, 2.24) is 9.97 Å². The molecular formula is C13H14ClN3O2. The van der Waals surface area contributed by atoms with Crippen LogP contribution in [0.3, 0.4) is 0 Å². The Morgan fingerprint density at radius 1 is 1.42 bits per heavy atom. The highest BCUT2D eigenvalue weighted by Gasteiger charge is 2.05. The molecule has 100 valence electrons. The van der Waals surface area contributed by atoms with E-state index in [1.807, 2.05) is 6.92 Å². The average molecular weight is 280 g/mol. The molecule has 0 saturated carbocycles. The van der Waals surface area contributed by atoms with E-state index in [4.69, 9.17) is 11.6 Å². The molecule has 1 aromatic carbocycles. The fourth-order valence-corrected chi connectivity index (χ4v) is 1.86. The third-order valence-corrected chi connectivity index (χ3v) is 2.75. The van der Waals surface area contributed by atoms with E-state index in [-0.39, 0.29) is 17.3 Å². The van der Waals surface area contributed by atoms with Gasteiger partial charge >= 0.3 is 0 Å². The number of aromatic amines is 1. The molecule has 1 aromatic heterocycles. The summed E-state index contributed by atoms with van der Waals surface area (Å²) in [4.78, 5) is 18.3. The highest BCUT2D eigenvalue weighted by Crippen LogP contribution is 2.28. The standard InChI is InChI=1S/C13H14ClN3O2/c1-2-3-9-7-12(19)17-13(15-9)16-10-6-8(14)4-5-11(10)18/h4-7,18H,2-3H2,1H3,(H2,15,16,17,19). The van der Waals surface area contributed by atoms with Gasteiger partial charge in [0.05, 0.1) is 5.69 Å². The Morgan fingerprint density at radius 2 is 2.21 bits per heavy atom. The molecule has 0 atom stereocenters. The number of nitrogens with zero attached hydrogens (tertiary/aromatic N) is 1. The first-order valence-corrected chi connectivity index (χ1v) is 6.32. The second-order valence-electron chi connectivity index (χ2n) is 4.12. The fraction of sp³-hybridized carbons (Fsp3) is 0.231. The van der Waals surface area contributed by atoms with Gasteiger partial charge in [-0.3, -0.25) is 9.78 Å². The van der Waals surface area contributed by atoms with Crippen molar-refractivity contribution in [3.63, 3.8) is 0 Å².